The van der Waals surface area contributed by atoms with Crippen molar-refractivity contribution in [2.24, 2.45) is 0 Å². The Bertz CT molecular complexity index is 1070. The Labute approximate surface area is 149 Å². The number of fused-ring (bicyclic) bond motifs is 2. The summed E-state index contributed by atoms with van der Waals surface area (Å²) in [6, 6.07) is 15.0. The predicted molar refractivity (Wildman–Crippen MR) is 97.1 cm³/mol. The van der Waals surface area contributed by atoms with Gasteiger partial charge in [0.1, 0.15) is 11.5 Å². The van der Waals surface area contributed by atoms with E-state index in [2.05, 4.69) is 0 Å². The molecule has 26 heavy (non-hydrogen) atoms. The van der Waals surface area contributed by atoms with E-state index >= 15 is 0 Å². The highest BCUT2D eigenvalue weighted by atomic mass is 16.5. The first kappa shape index (κ1) is 15.9. The molecule has 1 aliphatic carbocycles. The van der Waals surface area contributed by atoms with Crippen LogP contribution in [0.2, 0.25) is 0 Å². The van der Waals surface area contributed by atoms with Gasteiger partial charge in [0.15, 0.2) is 17.3 Å². The average molecular weight is 345 g/mol. The molecule has 0 radical (unpaired) electrons. The third-order valence-electron chi connectivity index (χ3n) is 4.43. The number of ether oxygens (including phenoxy) is 1. The quantitative estimate of drug-likeness (QED) is 0.425. The summed E-state index contributed by atoms with van der Waals surface area (Å²) in [5.41, 5.74) is 7.68. The van der Waals surface area contributed by atoms with Crippen molar-refractivity contribution in [2.45, 2.75) is 6.92 Å². The van der Waals surface area contributed by atoms with E-state index in [-0.39, 0.29) is 39.4 Å². The van der Waals surface area contributed by atoms with Crippen LogP contribution in [0.15, 0.2) is 54.6 Å². The van der Waals surface area contributed by atoms with E-state index < -0.39 is 11.6 Å². The van der Waals surface area contributed by atoms with Crippen LogP contribution in [-0.4, -0.2) is 16.7 Å². The minimum atomic E-state index is -0.429. The monoisotopic (exact) mass is 345 g/mol. The second-order valence-corrected chi connectivity index (χ2v) is 6.18. The first-order chi connectivity index (χ1) is 12.5. The summed E-state index contributed by atoms with van der Waals surface area (Å²) in [5.74, 6) is -0.523. The van der Waals surface area contributed by atoms with Crippen molar-refractivity contribution in [1.82, 2.24) is 0 Å². The molecule has 1 aliphatic rings. The van der Waals surface area contributed by atoms with Crippen LogP contribution in [0.1, 0.15) is 37.4 Å². The molecule has 0 spiro atoms. The maximum Gasteiger partial charge on any atom is 0.198 e. The number of hydrogen-bond donors (Lipinski definition) is 2. The number of nitrogens with two attached hydrogens (primary N) is 1. The third kappa shape index (κ3) is 2.33. The lowest BCUT2D eigenvalue weighted by molar-refractivity contribution is 0.0977. The molecule has 3 N–H and O–H groups in total. The first-order valence-corrected chi connectivity index (χ1v) is 8.05. The van der Waals surface area contributed by atoms with Gasteiger partial charge in [-0.1, -0.05) is 42.0 Å². The molecule has 5 nitrogen and oxygen atoms in total. The molecule has 3 aromatic carbocycles. The molecule has 0 amide bonds. The molecule has 5 heteroatoms. The summed E-state index contributed by atoms with van der Waals surface area (Å²) in [5, 5.41) is 10.4. The zero-order valence-electron chi connectivity index (χ0n) is 13.9. The molecule has 0 unspecified atom stereocenters. The summed E-state index contributed by atoms with van der Waals surface area (Å²) in [7, 11) is 0. The number of aryl methyl sites for hydroxylation is 1. The molecule has 0 bridgehead atoms. The second-order valence-electron chi connectivity index (χ2n) is 6.18. The Morgan fingerprint density at radius 3 is 2.08 bits per heavy atom. The van der Waals surface area contributed by atoms with Crippen molar-refractivity contribution in [2.75, 3.05) is 5.73 Å². The van der Waals surface area contributed by atoms with Crippen LogP contribution in [0.25, 0.3) is 0 Å². The Balaban J connectivity index is 1.87. The summed E-state index contributed by atoms with van der Waals surface area (Å²) in [4.78, 5) is 25.6. The Hall–Kier alpha value is -3.60. The largest absolute Gasteiger partial charge is 0.507 e. The van der Waals surface area contributed by atoms with Crippen molar-refractivity contribution in [3.8, 4) is 17.2 Å². The summed E-state index contributed by atoms with van der Waals surface area (Å²) >= 11 is 0. The van der Waals surface area contributed by atoms with Crippen molar-refractivity contribution in [3.63, 3.8) is 0 Å². The normalized spacial score (nSPS) is 12.5. The molecule has 0 aliphatic heterocycles. The van der Waals surface area contributed by atoms with Gasteiger partial charge >= 0.3 is 0 Å². The van der Waals surface area contributed by atoms with E-state index in [1.807, 2.05) is 19.1 Å². The van der Waals surface area contributed by atoms with Gasteiger partial charge in [0.05, 0.1) is 16.8 Å². The number of benzene rings is 3. The second kappa shape index (κ2) is 5.74. The fraction of sp³-hybridized carbons (Fsp3) is 0.0476. The summed E-state index contributed by atoms with van der Waals surface area (Å²) < 4.78 is 5.73. The number of phenols is 1. The number of carbonyl (C=O) groups excluding carboxylic acids is 2. The van der Waals surface area contributed by atoms with Gasteiger partial charge in [-0.05, 0) is 19.1 Å². The zero-order chi connectivity index (χ0) is 18.4. The van der Waals surface area contributed by atoms with Gasteiger partial charge in [0, 0.05) is 17.2 Å². The lowest BCUT2D eigenvalue weighted by Gasteiger charge is -2.21. The molecular weight excluding hydrogens is 330 g/mol. The molecule has 0 heterocycles. The first-order valence-electron chi connectivity index (χ1n) is 8.05. The maximum atomic E-state index is 12.9. The molecular formula is C21H15NO4. The van der Waals surface area contributed by atoms with Crippen LogP contribution >= 0.6 is 0 Å². The molecule has 0 fully saturated rings. The number of carbonyl (C=O) groups is 2. The predicted octanol–water partition coefficient (Wildman–Crippen LogP) is 3.85. The topological polar surface area (TPSA) is 89.6 Å². The molecule has 4 rings (SSSR count). The maximum absolute atomic E-state index is 12.9. The van der Waals surface area contributed by atoms with Gasteiger partial charge in [0.25, 0.3) is 0 Å². The molecule has 0 saturated carbocycles. The Morgan fingerprint density at radius 1 is 0.885 bits per heavy atom. The zero-order valence-corrected chi connectivity index (χ0v) is 13.9. The van der Waals surface area contributed by atoms with Crippen LogP contribution in [0.4, 0.5) is 5.69 Å². The van der Waals surface area contributed by atoms with E-state index in [0.29, 0.717) is 5.75 Å². The summed E-state index contributed by atoms with van der Waals surface area (Å²) in [6.45, 7) is 1.95. The molecule has 0 aromatic heterocycles. The van der Waals surface area contributed by atoms with Gasteiger partial charge in [-0.15, -0.1) is 0 Å². The van der Waals surface area contributed by atoms with E-state index in [4.69, 9.17) is 10.5 Å². The molecule has 3 aromatic rings. The lowest BCUT2D eigenvalue weighted by atomic mass is 9.82. The standard InChI is InChI=1S/C21H15NO4/c1-11-6-8-12(9-7-11)26-16-10-15(23)17-18(19(16)22)21(25)14-5-3-2-4-13(14)20(17)24/h2-10,23H,22H2,1H3. The highest BCUT2D eigenvalue weighted by Gasteiger charge is 2.35. The van der Waals surface area contributed by atoms with E-state index in [0.717, 1.165) is 5.56 Å². The van der Waals surface area contributed by atoms with Gasteiger partial charge in [0.2, 0.25) is 0 Å². The third-order valence-corrected chi connectivity index (χ3v) is 4.43. The van der Waals surface area contributed by atoms with Crippen LogP contribution in [0.3, 0.4) is 0 Å². The van der Waals surface area contributed by atoms with Gasteiger partial charge in [-0.2, -0.15) is 0 Å². The smallest absolute Gasteiger partial charge is 0.198 e. The van der Waals surface area contributed by atoms with Gasteiger partial charge in [-0.3, -0.25) is 9.59 Å². The van der Waals surface area contributed by atoms with Crippen LogP contribution in [-0.2, 0) is 0 Å². The van der Waals surface area contributed by atoms with Crippen LogP contribution in [0.5, 0.6) is 17.2 Å². The SMILES string of the molecule is Cc1ccc(Oc2cc(O)c3c(c2N)C(=O)c2ccccc2C3=O)cc1. The number of anilines is 1. The van der Waals surface area contributed by atoms with Crippen LogP contribution < -0.4 is 10.5 Å². The van der Waals surface area contributed by atoms with Crippen molar-refractivity contribution in [3.05, 3.63) is 82.4 Å². The Morgan fingerprint density at radius 2 is 1.46 bits per heavy atom. The van der Waals surface area contributed by atoms with Crippen molar-refractivity contribution in [1.29, 1.82) is 0 Å². The van der Waals surface area contributed by atoms with E-state index in [9.17, 15) is 14.7 Å². The number of ketones is 2. The number of phenolic OH excluding ortho intramolecular Hbond substituents is 1. The number of rotatable bonds is 2. The molecule has 0 saturated heterocycles. The van der Waals surface area contributed by atoms with Crippen LogP contribution in [0, 0.1) is 6.92 Å². The minimum Gasteiger partial charge on any atom is -0.507 e. The van der Waals surface area contributed by atoms with E-state index in [1.54, 1.807) is 36.4 Å². The van der Waals surface area contributed by atoms with Gasteiger partial charge < -0.3 is 15.6 Å². The summed E-state index contributed by atoms with van der Waals surface area (Å²) in [6.07, 6.45) is 0. The minimum absolute atomic E-state index is 0.0178. The number of hydrogen-bond acceptors (Lipinski definition) is 5. The van der Waals surface area contributed by atoms with Crippen molar-refractivity contribution < 1.29 is 19.4 Å². The average Bonchev–Trinajstić information content (AvgIpc) is 2.64. The fourth-order valence-electron chi connectivity index (χ4n) is 3.09. The van der Waals surface area contributed by atoms with Gasteiger partial charge in [-0.25, -0.2) is 0 Å². The fourth-order valence-corrected chi connectivity index (χ4v) is 3.09. The Kier molecular flexibility index (Phi) is 3.51. The number of aromatic hydroxyl groups is 1. The molecule has 0 atom stereocenters. The van der Waals surface area contributed by atoms with Crippen molar-refractivity contribution >= 4 is 17.3 Å². The lowest BCUT2D eigenvalue weighted by Crippen LogP contribution is -2.22. The highest BCUT2D eigenvalue weighted by Crippen LogP contribution is 2.42. The number of nitrogen functional groups attached to an aromatic ring is 1. The highest BCUT2D eigenvalue weighted by molar-refractivity contribution is 6.31. The molecule has 128 valence electrons. The van der Waals surface area contributed by atoms with E-state index in [1.165, 1.54) is 6.07 Å².